The molecule has 3 aromatic rings. The average Bonchev–Trinajstić information content (AvgIpc) is 3.13. The zero-order chi connectivity index (χ0) is 17.6. The van der Waals surface area contributed by atoms with E-state index in [2.05, 4.69) is 10.9 Å². The van der Waals surface area contributed by atoms with Gasteiger partial charge in [-0.2, -0.15) is 0 Å². The maximum atomic E-state index is 12.5. The van der Waals surface area contributed by atoms with Crippen molar-refractivity contribution in [3.05, 3.63) is 47.0 Å². The monoisotopic (exact) mass is 343 g/mol. The fourth-order valence-corrected chi connectivity index (χ4v) is 2.51. The van der Waals surface area contributed by atoms with Crippen LogP contribution in [0.4, 0.5) is 0 Å². The van der Waals surface area contributed by atoms with Gasteiger partial charge >= 0.3 is 5.97 Å². The predicted molar refractivity (Wildman–Crippen MR) is 89.8 cm³/mol. The first-order valence-electron chi connectivity index (χ1n) is 8.15. The van der Waals surface area contributed by atoms with Crippen LogP contribution in [0.2, 0.25) is 0 Å². The van der Waals surface area contributed by atoms with Crippen molar-refractivity contribution in [1.29, 1.82) is 0 Å². The van der Waals surface area contributed by atoms with Crippen LogP contribution in [0, 0.1) is 0 Å². The topological polar surface area (TPSA) is 110 Å². The number of hydrogen-bond acceptors (Lipinski definition) is 6. The molecule has 0 amide bonds. The summed E-state index contributed by atoms with van der Waals surface area (Å²) >= 11 is 0. The van der Waals surface area contributed by atoms with Gasteiger partial charge < -0.3 is 19.4 Å². The van der Waals surface area contributed by atoms with E-state index in [9.17, 15) is 9.59 Å². The molecule has 0 bridgehead atoms. The lowest BCUT2D eigenvalue weighted by Crippen LogP contribution is -2.50. The molecule has 130 valence electrons. The SMILES string of the molecule is [NH3+]CCCCCC(=O)Oc1ccc2c(=O)c(-c3ccon3)coc2c1. The van der Waals surface area contributed by atoms with Gasteiger partial charge in [-0.1, -0.05) is 5.16 Å². The number of benzene rings is 1. The van der Waals surface area contributed by atoms with Crippen LogP contribution in [-0.2, 0) is 4.79 Å². The third kappa shape index (κ3) is 3.95. The number of carbonyl (C=O) groups is 1. The Morgan fingerprint density at radius 2 is 2.08 bits per heavy atom. The second-order valence-electron chi connectivity index (χ2n) is 5.66. The van der Waals surface area contributed by atoms with Crippen molar-refractivity contribution in [3.8, 4) is 17.0 Å². The zero-order valence-corrected chi connectivity index (χ0v) is 13.7. The second-order valence-corrected chi connectivity index (χ2v) is 5.66. The molecule has 0 aliphatic rings. The fraction of sp³-hybridized carbons (Fsp3) is 0.278. The van der Waals surface area contributed by atoms with Gasteiger partial charge in [0, 0.05) is 18.6 Å². The molecule has 2 aromatic heterocycles. The van der Waals surface area contributed by atoms with Gasteiger partial charge in [-0.15, -0.1) is 0 Å². The van der Waals surface area contributed by atoms with Gasteiger partial charge in [0.05, 0.1) is 17.5 Å². The molecular weight excluding hydrogens is 324 g/mol. The molecule has 0 fully saturated rings. The van der Waals surface area contributed by atoms with Crippen molar-refractivity contribution in [2.45, 2.75) is 25.7 Å². The molecule has 0 unspecified atom stereocenters. The van der Waals surface area contributed by atoms with Gasteiger partial charge in [-0.25, -0.2) is 0 Å². The van der Waals surface area contributed by atoms with Crippen molar-refractivity contribution in [1.82, 2.24) is 5.16 Å². The van der Waals surface area contributed by atoms with E-state index in [1.165, 1.54) is 18.6 Å². The van der Waals surface area contributed by atoms with E-state index < -0.39 is 0 Å². The maximum Gasteiger partial charge on any atom is 0.311 e. The van der Waals surface area contributed by atoms with Crippen molar-refractivity contribution < 1.29 is 24.2 Å². The number of carbonyl (C=O) groups excluding carboxylic acids is 1. The Morgan fingerprint density at radius 1 is 1.20 bits per heavy atom. The highest BCUT2D eigenvalue weighted by Gasteiger charge is 2.13. The number of nitrogens with zero attached hydrogens (tertiary/aromatic N) is 1. The molecule has 3 N–H and O–H groups in total. The van der Waals surface area contributed by atoms with Crippen LogP contribution < -0.4 is 15.9 Å². The molecule has 1 aromatic carbocycles. The van der Waals surface area contributed by atoms with E-state index in [0.29, 0.717) is 34.4 Å². The van der Waals surface area contributed by atoms with E-state index in [4.69, 9.17) is 13.7 Å². The molecule has 0 aliphatic heterocycles. The molecule has 3 rings (SSSR count). The summed E-state index contributed by atoms with van der Waals surface area (Å²) in [5, 5.41) is 4.13. The van der Waals surface area contributed by atoms with E-state index in [0.717, 1.165) is 25.8 Å². The van der Waals surface area contributed by atoms with E-state index in [-0.39, 0.29) is 11.4 Å². The number of fused-ring (bicyclic) bond motifs is 1. The Balaban J connectivity index is 1.76. The van der Waals surface area contributed by atoms with Gasteiger partial charge in [0.15, 0.2) is 0 Å². The van der Waals surface area contributed by atoms with Crippen LogP contribution in [0.1, 0.15) is 25.7 Å². The van der Waals surface area contributed by atoms with Gasteiger partial charge in [0.1, 0.15) is 29.6 Å². The van der Waals surface area contributed by atoms with Gasteiger partial charge in [-0.3, -0.25) is 9.59 Å². The van der Waals surface area contributed by atoms with Crippen LogP contribution in [0.25, 0.3) is 22.2 Å². The minimum atomic E-state index is -0.301. The first-order chi connectivity index (χ1) is 12.2. The van der Waals surface area contributed by atoms with Crippen molar-refractivity contribution in [3.63, 3.8) is 0 Å². The Kier molecular flexibility index (Phi) is 5.25. The lowest BCUT2D eigenvalue weighted by atomic mass is 10.1. The number of esters is 1. The van der Waals surface area contributed by atoms with Gasteiger partial charge in [0.2, 0.25) is 5.43 Å². The quantitative estimate of drug-likeness (QED) is 0.400. The maximum absolute atomic E-state index is 12.5. The Hall–Kier alpha value is -2.93. The van der Waals surface area contributed by atoms with Crippen molar-refractivity contribution >= 4 is 16.9 Å². The lowest BCUT2D eigenvalue weighted by molar-refractivity contribution is -0.368. The molecule has 0 atom stereocenters. The summed E-state index contributed by atoms with van der Waals surface area (Å²) in [6, 6.07) is 6.29. The number of rotatable bonds is 7. The highest BCUT2D eigenvalue weighted by molar-refractivity contribution is 5.83. The second kappa shape index (κ2) is 7.76. The normalized spacial score (nSPS) is 10.9. The molecule has 2 heterocycles. The van der Waals surface area contributed by atoms with E-state index >= 15 is 0 Å². The minimum absolute atomic E-state index is 0.221. The smallest absolute Gasteiger partial charge is 0.311 e. The van der Waals surface area contributed by atoms with E-state index in [1.54, 1.807) is 18.2 Å². The van der Waals surface area contributed by atoms with Crippen LogP contribution in [0.3, 0.4) is 0 Å². The third-order valence-electron chi connectivity index (χ3n) is 3.82. The van der Waals surface area contributed by atoms with Crippen LogP contribution >= 0.6 is 0 Å². The molecule has 0 spiro atoms. The third-order valence-corrected chi connectivity index (χ3v) is 3.82. The molecular formula is C18H19N2O5+. The van der Waals surface area contributed by atoms with Crippen molar-refractivity contribution in [2.75, 3.05) is 6.54 Å². The molecule has 0 aliphatic carbocycles. The standard InChI is InChI=1S/C18H18N2O5/c19-8-3-1-2-4-17(21)25-12-5-6-13-16(10-12)23-11-14(18(13)22)15-7-9-24-20-15/h5-7,9-11H,1-4,8,19H2/p+1. The number of quaternary nitrogens is 1. The summed E-state index contributed by atoms with van der Waals surface area (Å²) in [5.41, 5.74) is 4.62. The molecule has 0 saturated carbocycles. The minimum Gasteiger partial charge on any atom is -0.463 e. The summed E-state index contributed by atoms with van der Waals surface area (Å²) < 4.78 is 15.6. The lowest BCUT2D eigenvalue weighted by Gasteiger charge is -2.05. The predicted octanol–water partition coefficient (Wildman–Crippen LogP) is 2.16. The number of aromatic nitrogens is 1. The van der Waals surface area contributed by atoms with Crippen molar-refractivity contribution in [2.24, 2.45) is 0 Å². The first kappa shape index (κ1) is 16.9. The number of ether oxygens (including phenoxy) is 1. The molecule has 7 heteroatoms. The average molecular weight is 343 g/mol. The molecule has 0 saturated heterocycles. The van der Waals surface area contributed by atoms with Crippen LogP contribution in [0.5, 0.6) is 5.75 Å². The molecule has 7 nitrogen and oxygen atoms in total. The van der Waals surface area contributed by atoms with Gasteiger partial charge in [0.25, 0.3) is 0 Å². The van der Waals surface area contributed by atoms with Crippen LogP contribution in [0.15, 0.2) is 50.5 Å². The highest BCUT2D eigenvalue weighted by Crippen LogP contribution is 2.22. The molecule has 0 radical (unpaired) electrons. The summed E-state index contributed by atoms with van der Waals surface area (Å²) in [5.74, 6) is 0.0528. The molecule has 25 heavy (non-hydrogen) atoms. The Bertz CT molecular complexity index is 915. The largest absolute Gasteiger partial charge is 0.463 e. The van der Waals surface area contributed by atoms with E-state index in [1.807, 2.05) is 0 Å². The summed E-state index contributed by atoms with van der Waals surface area (Å²) in [6.07, 6.45) is 5.80. The summed E-state index contributed by atoms with van der Waals surface area (Å²) in [4.78, 5) is 24.3. The summed E-state index contributed by atoms with van der Waals surface area (Å²) in [7, 11) is 0. The number of hydrogen-bond donors (Lipinski definition) is 1. The fourth-order valence-electron chi connectivity index (χ4n) is 2.51. The Labute approximate surface area is 143 Å². The first-order valence-corrected chi connectivity index (χ1v) is 8.15. The number of unbranched alkanes of at least 4 members (excludes halogenated alkanes) is 2. The van der Waals surface area contributed by atoms with Crippen LogP contribution in [-0.4, -0.2) is 17.7 Å². The summed E-state index contributed by atoms with van der Waals surface area (Å²) in [6.45, 7) is 0.870. The zero-order valence-electron chi connectivity index (χ0n) is 13.7. The Morgan fingerprint density at radius 3 is 2.84 bits per heavy atom. The van der Waals surface area contributed by atoms with Gasteiger partial charge in [-0.05, 0) is 31.4 Å². The highest BCUT2D eigenvalue weighted by atomic mass is 16.5.